The summed E-state index contributed by atoms with van der Waals surface area (Å²) in [6.45, 7) is 0.156. The van der Waals surface area contributed by atoms with E-state index in [1.807, 2.05) is 6.07 Å². The molecule has 3 nitrogen and oxygen atoms in total. The molecule has 1 rings (SSSR count). The number of hydrogen-bond donors (Lipinski definition) is 0. The van der Waals surface area contributed by atoms with Crippen molar-refractivity contribution in [1.29, 1.82) is 0 Å². The molecular formula is C9H5BrClN3. The standard InChI is InChI=1S/C9H5BrClN3/c10-8-4-3-7(9(11)6-8)2-1-5-13-14-12/h3-4,6H,5H2. The normalized spacial score (nSPS) is 8.43. The highest BCUT2D eigenvalue weighted by atomic mass is 79.9. The van der Waals surface area contributed by atoms with Crippen molar-refractivity contribution in [1.82, 2.24) is 0 Å². The minimum Gasteiger partial charge on any atom is -0.0918 e. The summed E-state index contributed by atoms with van der Waals surface area (Å²) in [7, 11) is 0. The Bertz CT molecular complexity index is 441. The van der Waals surface area contributed by atoms with E-state index in [1.54, 1.807) is 12.1 Å². The molecule has 0 amide bonds. The molecule has 70 valence electrons. The van der Waals surface area contributed by atoms with Crippen LogP contribution in [0, 0.1) is 11.8 Å². The van der Waals surface area contributed by atoms with Gasteiger partial charge in [-0.1, -0.05) is 44.5 Å². The van der Waals surface area contributed by atoms with E-state index in [0.29, 0.717) is 5.02 Å². The van der Waals surface area contributed by atoms with Crippen LogP contribution in [0.2, 0.25) is 5.02 Å². The molecule has 0 heterocycles. The summed E-state index contributed by atoms with van der Waals surface area (Å²) in [5, 5.41) is 3.87. The lowest BCUT2D eigenvalue weighted by atomic mass is 10.2. The molecule has 0 aliphatic heterocycles. The molecule has 0 N–H and O–H groups in total. The number of hydrogen-bond acceptors (Lipinski definition) is 1. The fraction of sp³-hybridized carbons (Fsp3) is 0.111. The van der Waals surface area contributed by atoms with Gasteiger partial charge in [-0.2, -0.15) is 0 Å². The van der Waals surface area contributed by atoms with E-state index in [4.69, 9.17) is 17.1 Å². The molecule has 0 saturated heterocycles. The molecule has 14 heavy (non-hydrogen) atoms. The van der Waals surface area contributed by atoms with Crippen LogP contribution >= 0.6 is 27.5 Å². The topological polar surface area (TPSA) is 48.8 Å². The van der Waals surface area contributed by atoms with E-state index >= 15 is 0 Å². The monoisotopic (exact) mass is 269 g/mol. The molecule has 0 aromatic heterocycles. The van der Waals surface area contributed by atoms with Crippen LogP contribution in [-0.4, -0.2) is 6.54 Å². The van der Waals surface area contributed by atoms with Gasteiger partial charge in [0.05, 0.1) is 11.6 Å². The summed E-state index contributed by atoms with van der Waals surface area (Å²) >= 11 is 9.20. The molecule has 0 saturated carbocycles. The van der Waals surface area contributed by atoms with Gasteiger partial charge in [0.2, 0.25) is 0 Å². The molecule has 0 fully saturated rings. The van der Waals surface area contributed by atoms with Gasteiger partial charge >= 0.3 is 0 Å². The number of benzene rings is 1. The first kappa shape index (κ1) is 10.9. The zero-order valence-corrected chi connectivity index (χ0v) is 9.38. The van der Waals surface area contributed by atoms with Crippen molar-refractivity contribution in [2.24, 2.45) is 5.11 Å². The third-order valence-corrected chi connectivity index (χ3v) is 2.17. The molecule has 0 aliphatic rings. The summed E-state index contributed by atoms with van der Waals surface area (Å²) in [6.07, 6.45) is 0. The van der Waals surface area contributed by atoms with Gasteiger partial charge in [0, 0.05) is 14.9 Å². The van der Waals surface area contributed by atoms with Crippen LogP contribution < -0.4 is 0 Å². The third kappa shape index (κ3) is 3.31. The van der Waals surface area contributed by atoms with Crippen molar-refractivity contribution >= 4 is 27.5 Å². The van der Waals surface area contributed by atoms with Gasteiger partial charge in [0.15, 0.2) is 0 Å². The van der Waals surface area contributed by atoms with Gasteiger partial charge in [-0.3, -0.25) is 0 Å². The highest BCUT2D eigenvalue weighted by Crippen LogP contribution is 2.20. The van der Waals surface area contributed by atoms with Gasteiger partial charge < -0.3 is 0 Å². The Kier molecular flexibility index (Phi) is 4.34. The van der Waals surface area contributed by atoms with Gasteiger partial charge in [-0.25, -0.2) is 0 Å². The second-order valence-corrected chi connectivity index (χ2v) is 3.64. The minimum atomic E-state index is 0.156. The largest absolute Gasteiger partial charge is 0.0918 e. The first-order chi connectivity index (χ1) is 6.74. The van der Waals surface area contributed by atoms with Crippen molar-refractivity contribution < 1.29 is 0 Å². The van der Waals surface area contributed by atoms with Gasteiger partial charge in [-0.15, -0.1) is 0 Å². The predicted molar refractivity (Wildman–Crippen MR) is 60.0 cm³/mol. The number of rotatable bonds is 1. The molecule has 1 aromatic carbocycles. The van der Waals surface area contributed by atoms with Crippen LogP contribution in [0.15, 0.2) is 27.8 Å². The maximum absolute atomic E-state index is 8.01. The van der Waals surface area contributed by atoms with Crippen LogP contribution in [0.5, 0.6) is 0 Å². The van der Waals surface area contributed by atoms with E-state index < -0.39 is 0 Å². The molecule has 0 atom stereocenters. The second kappa shape index (κ2) is 5.56. The maximum atomic E-state index is 8.01. The van der Waals surface area contributed by atoms with Gasteiger partial charge in [0.1, 0.15) is 0 Å². The molecule has 0 spiro atoms. The smallest absolute Gasteiger partial charge is 0.0880 e. The highest BCUT2D eigenvalue weighted by Gasteiger charge is 1.96. The van der Waals surface area contributed by atoms with E-state index in [0.717, 1.165) is 10.0 Å². The molecule has 0 bridgehead atoms. The average molecular weight is 271 g/mol. The number of nitrogens with zero attached hydrogens (tertiary/aromatic N) is 3. The van der Waals surface area contributed by atoms with Crippen molar-refractivity contribution in [3.05, 3.63) is 43.7 Å². The molecule has 0 radical (unpaired) electrons. The summed E-state index contributed by atoms with van der Waals surface area (Å²) in [5.41, 5.74) is 8.74. The van der Waals surface area contributed by atoms with Crippen LogP contribution in [0.4, 0.5) is 0 Å². The SMILES string of the molecule is [N-]=[N+]=NCC#Cc1ccc(Br)cc1Cl. The van der Waals surface area contributed by atoms with Crippen LogP contribution in [0.3, 0.4) is 0 Å². The molecule has 5 heteroatoms. The first-order valence-corrected chi connectivity index (χ1v) is 4.86. The summed E-state index contributed by atoms with van der Waals surface area (Å²) < 4.78 is 0.906. The summed E-state index contributed by atoms with van der Waals surface area (Å²) in [6, 6.07) is 5.41. The Morgan fingerprint density at radius 2 is 2.36 bits per heavy atom. The van der Waals surface area contributed by atoms with Crippen molar-refractivity contribution in [2.45, 2.75) is 0 Å². The van der Waals surface area contributed by atoms with Crippen molar-refractivity contribution in [3.8, 4) is 11.8 Å². The lowest BCUT2D eigenvalue weighted by molar-refractivity contribution is 1.25. The average Bonchev–Trinajstić information content (AvgIpc) is 2.15. The Morgan fingerprint density at radius 3 is 3.00 bits per heavy atom. The fourth-order valence-corrected chi connectivity index (χ4v) is 1.51. The summed E-state index contributed by atoms with van der Waals surface area (Å²) in [5.74, 6) is 5.50. The predicted octanol–water partition coefficient (Wildman–Crippen LogP) is 3.76. The molecule has 0 unspecified atom stereocenters. The number of azide groups is 1. The Balaban J connectivity index is 2.84. The highest BCUT2D eigenvalue weighted by molar-refractivity contribution is 9.10. The van der Waals surface area contributed by atoms with E-state index in [2.05, 4.69) is 37.8 Å². The molecule has 0 aliphatic carbocycles. The lowest BCUT2D eigenvalue weighted by Gasteiger charge is -1.95. The summed E-state index contributed by atoms with van der Waals surface area (Å²) in [4.78, 5) is 2.59. The molecule has 1 aromatic rings. The zero-order valence-electron chi connectivity index (χ0n) is 7.04. The Labute approximate surface area is 94.8 Å². The minimum absolute atomic E-state index is 0.156. The van der Waals surface area contributed by atoms with Crippen molar-refractivity contribution in [2.75, 3.05) is 6.54 Å². The third-order valence-electron chi connectivity index (χ3n) is 1.37. The van der Waals surface area contributed by atoms with E-state index in [1.165, 1.54) is 0 Å². The number of halogens is 2. The second-order valence-electron chi connectivity index (χ2n) is 2.31. The van der Waals surface area contributed by atoms with E-state index in [9.17, 15) is 0 Å². The van der Waals surface area contributed by atoms with E-state index in [-0.39, 0.29) is 6.54 Å². The van der Waals surface area contributed by atoms with Crippen LogP contribution in [-0.2, 0) is 0 Å². The van der Waals surface area contributed by atoms with Crippen LogP contribution in [0.1, 0.15) is 5.56 Å². The van der Waals surface area contributed by atoms with Crippen LogP contribution in [0.25, 0.3) is 10.4 Å². The lowest BCUT2D eigenvalue weighted by Crippen LogP contribution is -1.77. The van der Waals surface area contributed by atoms with Gasteiger partial charge in [-0.05, 0) is 23.7 Å². The Morgan fingerprint density at radius 1 is 1.57 bits per heavy atom. The molecular weight excluding hydrogens is 265 g/mol. The Hall–Kier alpha value is -1.14. The van der Waals surface area contributed by atoms with Gasteiger partial charge in [0.25, 0.3) is 0 Å². The quantitative estimate of drug-likeness (QED) is 0.323. The maximum Gasteiger partial charge on any atom is 0.0880 e. The fourth-order valence-electron chi connectivity index (χ4n) is 0.793. The van der Waals surface area contributed by atoms with Crippen molar-refractivity contribution in [3.63, 3.8) is 0 Å². The first-order valence-electron chi connectivity index (χ1n) is 3.69. The zero-order chi connectivity index (χ0) is 10.4.